The predicted molar refractivity (Wildman–Crippen MR) is 50.6 cm³/mol. The van der Waals surface area contributed by atoms with Gasteiger partial charge in [0.2, 0.25) is 6.29 Å². The molecule has 1 atom stereocenters. The van der Waals surface area contributed by atoms with Crippen LogP contribution in [0.1, 0.15) is 17.3 Å². The number of ether oxygens (including phenoxy) is 2. The fourth-order valence-corrected chi connectivity index (χ4v) is 1.36. The standard InChI is InChI=1S/C10H11NO3/c1-6-13-8-4-3-7(10(12)11-2)5-9(8)14-6/h3-6H,1-2H3,(H,11,12). The van der Waals surface area contributed by atoms with Gasteiger partial charge in [-0.25, -0.2) is 0 Å². The lowest BCUT2D eigenvalue weighted by molar-refractivity contribution is 0.0677. The molecule has 1 heterocycles. The molecule has 0 radical (unpaired) electrons. The Hall–Kier alpha value is -1.71. The third-order valence-electron chi connectivity index (χ3n) is 2.02. The number of rotatable bonds is 1. The van der Waals surface area contributed by atoms with E-state index in [2.05, 4.69) is 5.32 Å². The molecule has 0 saturated heterocycles. The van der Waals surface area contributed by atoms with Gasteiger partial charge in [0.25, 0.3) is 5.91 Å². The summed E-state index contributed by atoms with van der Waals surface area (Å²) in [7, 11) is 1.59. The molecular weight excluding hydrogens is 182 g/mol. The van der Waals surface area contributed by atoms with E-state index in [-0.39, 0.29) is 12.2 Å². The Bertz CT molecular complexity index is 376. The SMILES string of the molecule is CNC(=O)c1ccc2c(c1)OC(C)O2. The van der Waals surface area contributed by atoms with Crippen LogP contribution in [-0.2, 0) is 0 Å². The maximum atomic E-state index is 11.3. The highest BCUT2D eigenvalue weighted by Gasteiger charge is 2.20. The van der Waals surface area contributed by atoms with Crippen LogP contribution < -0.4 is 14.8 Å². The summed E-state index contributed by atoms with van der Waals surface area (Å²) in [6.07, 6.45) is -0.273. The Morgan fingerprint density at radius 2 is 2.07 bits per heavy atom. The Morgan fingerprint density at radius 3 is 2.79 bits per heavy atom. The number of carbonyl (C=O) groups excluding carboxylic acids is 1. The van der Waals surface area contributed by atoms with Crippen LogP contribution in [0.4, 0.5) is 0 Å². The summed E-state index contributed by atoms with van der Waals surface area (Å²) in [4.78, 5) is 11.3. The molecule has 0 aliphatic carbocycles. The smallest absolute Gasteiger partial charge is 0.251 e. The van der Waals surface area contributed by atoms with E-state index in [1.165, 1.54) is 0 Å². The third-order valence-corrected chi connectivity index (χ3v) is 2.02. The largest absolute Gasteiger partial charge is 0.451 e. The van der Waals surface area contributed by atoms with Crippen molar-refractivity contribution in [2.24, 2.45) is 0 Å². The number of carbonyl (C=O) groups is 1. The Labute approximate surface area is 81.8 Å². The Kier molecular flexibility index (Phi) is 2.04. The number of fused-ring (bicyclic) bond motifs is 1. The van der Waals surface area contributed by atoms with Gasteiger partial charge in [-0.2, -0.15) is 0 Å². The fraction of sp³-hybridized carbons (Fsp3) is 0.300. The summed E-state index contributed by atoms with van der Waals surface area (Å²) < 4.78 is 10.7. The first-order valence-corrected chi connectivity index (χ1v) is 4.40. The molecule has 2 rings (SSSR count). The van der Waals surface area contributed by atoms with Crippen molar-refractivity contribution in [3.05, 3.63) is 23.8 Å². The lowest BCUT2D eigenvalue weighted by Crippen LogP contribution is -2.17. The summed E-state index contributed by atoms with van der Waals surface area (Å²) in [6.45, 7) is 1.81. The van der Waals surface area contributed by atoms with Crippen LogP contribution in [0, 0.1) is 0 Å². The van der Waals surface area contributed by atoms with E-state index in [0.717, 1.165) is 0 Å². The molecule has 0 bridgehead atoms. The molecule has 0 aromatic heterocycles. The van der Waals surface area contributed by atoms with E-state index in [9.17, 15) is 4.79 Å². The molecule has 1 aliphatic rings. The summed E-state index contributed by atoms with van der Waals surface area (Å²) in [5.74, 6) is 1.18. The number of amides is 1. The van der Waals surface area contributed by atoms with Crippen LogP contribution in [0.25, 0.3) is 0 Å². The summed E-state index contributed by atoms with van der Waals surface area (Å²) >= 11 is 0. The van der Waals surface area contributed by atoms with E-state index in [1.54, 1.807) is 32.2 Å². The summed E-state index contributed by atoms with van der Waals surface area (Å²) in [6, 6.07) is 5.13. The molecule has 1 aliphatic heterocycles. The monoisotopic (exact) mass is 193 g/mol. The van der Waals surface area contributed by atoms with Crippen molar-refractivity contribution in [3.63, 3.8) is 0 Å². The minimum Gasteiger partial charge on any atom is -0.451 e. The van der Waals surface area contributed by atoms with Gasteiger partial charge in [-0.05, 0) is 18.2 Å². The molecular formula is C10H11NO3. The number of hydrogen-bond acceptors (Lipinski definition) is 3. The first-order valence-electron chi connectivity index (χ1n) is 4.40. The van der Waals surface area contributed by atoms with Crippen LogP contribution in [0.2, 0.25) is 0 Å². The van der Waals surface area contributed by atoms with Crippen LogP contribution in [-0.4, -0.2) is 19.2 Å². The molecule has 14 heavy (non-hydrogen) atoms. The minimum absolute atomic E-state index is 0.129. The summed E-state index contributed by atoms with van der Waals surface area (Å²) in [5, 5.41) is 2.55. The fourth-order valence-electron chi connectivity index (χ4n) is 1.36. The second-order valence-electron chi connectivity index (χ2n) is 3.04. The van der Waals surface area contributed by atoms with E-state index >= 15 is 0 Å². The lowest BCUT2D eigenvalue weighted by atomic mass is 10.2. The number of nitrogens with one attached hydrogen (secondary N) is 1. The molecule has 4 heteroatoms. The highest BCUT2D eigenvalue weighted by molar-refractivity contribution is 5.94. The van der Waals surface area contributed by atoms with Crippen molar-refractivity contribution < 1.29 is 14.3 Å². The van der Waals surface area contributed by atoms with Gasteiger partial charge in [-0.15, -0.1) is 0 Å². The first-order chi connectivity index (χ1) is 6.70. The average Bonchev–Trinajstić information content (AvgIpc) is 2.55. The van der Waals surface area contributed by atoms with Crippen molar-refractivity contribution in [1.82, 2.24) is 5.32 Å². The molecule has 1 unspecified atom stereocenters. The van der Waals surface area contributed by atoms with Crippen molar-refractivity contribution in [2.75, 3.05) is 7.05 Å². The normalized spacial score (nSPS) is 18.0. The molecule has 1 N–H and O–H groups in total. The molecule has 1 aromatic rings. The highest BCUT2D eigenvalue weighted by Crippen LogP contribution is 2.34. The molecule has 74 valence electrons. The van der Waals surface area contributed by atoms with Gasteiger partial charge in [0, 0.05) is 19.5 Å². The van der Waals surface area contributed by atoms with Gasteiger partial charge in [-0.1, -0.05) is 0 Å². The number of hydrogen-bond donors (Lipinski definition) is 1. The van der Waals surface area contributed by atoms with Crippen molar-refractivity contribution in [3.8, 4) is 11.5 Å². The average molecular weight is 193 g/mol. The number of benzene rings is 1. The summed E-state index contributed by atoms with van der Waals surface area (Å²) in [5.41, 5.74) is 0.573. The predicted octanol–water partition coefficient (Wildman–Crippen LogP) is 1.16. The minimum atomic E-state index is -0.273. The van der Waals surface area contributed by atoms with E-state index < -0.39 is 0 Å². The van der Waals surface area contributed by atoms with Crippen LogP contribution in [0.3, 0.4) is 0 Å². The van der Waals surface area contributed by atoms with Gasteiger partial charge in [0.15, 0.2) is 11.5 Å². The Morgan fingerprint density at radius 1 is 1.36 bits per heavy atom. The topological polar surface area (TPSA) is 47.6 Å². The van der Waals surface area contributed by atoms with E-state index in [1.807, 2.05) is 0 Å². The quantitative estimate of drug-likeness (QED) is 0.728. The van der Waals surface area contributed by atoms with Gasteiger partial charge < -0.3 is 14.8 Å². The highest BCUT2D eigenvalue weighted by atomic mass is 16.7. The zero-order valence-electron chi connectivity index (χ0n) is 8.03. The zero-order valence-corrected chi connectivity index (χ0v) is 8.03. The maximum absolute atomic E-state index is 11.3. The van der Waals surface area contributed by atoms with Gasteiger partial charge in [0.1, 0.15) is 0 Å². The van der Waals surface area contributed by atoms with Gasteiger partial charge >= 0.3 is 0 Å². The zero-order chi connectivity index (χ0) is 10.1. The van der Waals surface area contributed by atoms with Gasteiger partial charge in [-0.3, -0.25) is 4.79 Å². The molecule has 4 nitrogen and oxygen atoms in total. The lowest BCUT2D eigenvalue weighted by Gasteiger charge is -2.00. The molecule has 0 spiro atoms. The molecule has 0 saturated carbocycles. The molecule has 0 fully saturated rings. The van der Waals surface area contributed by atoms with Crippen LogP contribution in [0.5, 0.6) is 11.5 Å². The van der Waals surface area contributed by atoms with E-state index in [0.29, 0.717) is 17.1 Å². The van der Waals surface area contributed by atoms with Gasteiger partial charge in [0.05, 0.1) is 0 Å². The van der Waals surface area contributed by atoms with Crippen molar-refractivity contribution in [2.45, 2.75) is 13.2 Å². The maximum Gasteiger partial charge on any atom is 0.251 e. The molecule has 1 amide bonds. The second-order valence-corrected chi connectivity index (χ2v) is 3.04. The Balaban J connectivity index is 2.33. The van der Waals surface area contributed by atoms with Crippen molar-refractivity contribution in [1.29, 1.82) is 0 Å². The second kappa shape index (κ2) is 3.21. The first kappa shape index (κ1) is 8.87. The third kappa shape index (κ3) is 1.39. The van der Waals surface area contributed by atoms with Crippen molar-refractivity contribution >= 4 is 5.91 Å². The molecule has 1 aromatic carbocycles. The van der Waals surface area contributed by atoms with Crippen LogP contribution in [0.15, 0.2) is 18.2 Å². The van der Waals surface area contributed by atoms with E-state index in [4.69, 9.17) is 9.47 Å². The van der Waals surface area contributed by atoms with Crippen LogP contribution >= 0.6 is 0 Å².